The lowest BCUT2D eigenvalue weighted by molar-refractivity contribution is -0.137. The monoisotopic (exact) mass is 268 g/mol. The molecule has 0 aromatic carbocycles. The van der Waals surface area contributed by atoms with Crippen LogP contribution in [0.15, 0.2) is 0 Å². The van der Waals surface area contributed by atoms with Gasteiger partial charge in [0.1, 0.15) is 0 Å². The van der Waals surface area contributed by atoms with Crippen molar-refractivity contribution in [3.63, 3.8) is 0 Å². The number of aliphatic carboxylic acids is 1. The first kappa shape index (κ1) is 14.3. The van der Waals surface area contributed by atoms with Crippen LogP contribution in [0.2, 0.25) is 0 Å². The van der Waals surface area contributed by atoms with Gasteiger partial charge in [-0.25, -0.2) is 0 Å². The molecule has 108 valence electrons. The zero-order valence-corrected chi connectivity index (χ0v) is 11.4. The molecular weight excluding hydrogens is 244 g/mol. The third-order valence-electron chi connectivity index (χ3n) is 4.22. The van der Waals surface area contributed by atoms with Crippen LogP contribution in [0.3, 0.4) is 0 Å². The number of amides is 1. The van der Waals surface area contributed by atoms with Gasteiger partial charge in [0, 0.05) is 32.0 Å². The van der Waals surface area contributed by atoms with Crippen molar-refractivity contribution in [2.75, 3.05) is 19.6 Å². The summed E-state index contributed by atoms with van der Waals surface area (Å²) >= 11 is 0. The zero-order valence-electron chi connectivity index (χ0n) is 11.4. The van der Waals surface area contributed by atoms with E-state index < -0.39 is 5.97 Å². The molecule has 2 aliphatic rings. The molecule has 2 unspecified atom stereocenters. The van der Waals surface area contributed by atoms with Crippen molar-refractivity contribution >= 4 is 11.9 Å². The van der Waals surface area contributed by atoms with Crippen molar-refractivity contribution in [2.45, 2.75) is 51.0 Å². The number of piperidine rings is 1. The Morgan fingerprint density at radius 3 is 2.79 bits per heavy atom. The molecule has 2 atom stereocenters. The normalized spacial score (nSPS) is 27.5. The molecule has 0 aromatic rings. The van der Waals surface area contributed by atoms with Crippen molar-refractivity contribution < 1.29 is 14.7 Å². The number of nitrogens with one attached hydrogen (secondary N) is 1. The molecule has 2 saturated heterocycles. The van der Waals surface area contributed by atoms with E-state index in [0.29, 0.717) is 24.8 Å². The molecule has 19 heavy (non-hydrogen) atoms. The van der Waals surface area contributed by atoms with Crippen molar-refractivity contribution in [1.82, 2.24) is 10.2 Å². The molecule has 5 nitrogen and oxygen atoms in total. The smallest absolute Gasteiger partial charge is 0.303 e. The van der Waals surface area contributed by atoms with Gasteiger partial charge in [0.25, 0.3) is 0 Å². The van der Waals surface area contributed by atoms with Gasteiger partial charge in [0.05, 0.1) is 0 Å². The van der Waals surface area contributed by atoms with Crippen LogP contribution in [0.1, 0.15) is 44.9 Å². The minimum absolute atomic E-state index is 0.219. The van der Waals surface area contributed by atoms with Gasteiger partial charge in [0.2, 0.25) is 5.91 Å². The molecule has 2 aliphatic heterocycles. The summed E-state index contributed by atoms with van der Waals surface area (Å²) in [6.45, 7) is 2.62. The van der Waals surface area contributed by atoms with Crippen molar-refractivity contribution in [3.05, 3.63) is 0 Å². The van der Waals surface area contributed by atoms with Gasteiger partial charge in [-0.15, -0.1) is 0 Å². The number of carboxylic acids is 1. The molecule has 5 heteroatoms. The second-order valence-electron chi connectivity index (χ2n) is 5.78. The van der Waals surface area contributed by atoms with Crippen molar-refractivity contribution in [2.24, 2.45) is 5.92 Å². The number of carbonyl (C=O) groups excluding carboxylic acids is 1. The van der Waals surface area contributed by atoms with Gasteiger partial charge in [-0.1, -0.05) is 0 Å². The number of rotatable bonds is 5. The molecule has 2 heterocycles. The Balaban J connectivity index is 1.75. The quantitative estimate of drug-likeness (QED) is 0.787. The fourth-order valence-corrected chi connectivity index (χ4v) is 3.13. The van der Waals surface area contributed by atoms with Gasteiger partial charge < -0.3 is 15.3 Å². The minimum atomic E-state index is -0.737. The maximum absolute atomic E-state index is 12.2. The Morgan fingerprint density at radius 1 is 1.26 bits per heavy atom. The van der Waals surface area contributed by atoms with Gasteiger partial charge in [-0.2, -0.15) is 0 Å². The summed E-state index contributed by atoms with van der Waals surface area (Å²) in [4.78, 5) is 24.7. The highest BCUT2D eigenvalue weighted by Crippen LogP contribution is 2.22. The van der Waals surface area contributed by atoms with E-state index in [-0.39, 0.29) is 12.3 Å². The largest absolute Gasteiger partial charge is 0.481 e. The van der Waals surface area contributed by atoms with Crippen LogP contribution in [-0.4, -0.2) is 47.6 Å². The Labute approximate surface area is 114 Å². The van der Waals surface area contributed by atoms with Crippen LogP contribution in [0, 0.1) is 5.92 Å². The lowest BCUT2D eigenvalue weighted by Crippen LogP contribution is -2.42. The third kappa shape index (κ3) is 4.49. The maximum Gasteiger partial charge on any atom is 0.303 e. The van der Waals surface area contributed by atoms with Crippen LogP contribution in [0.5, 0.6) is 0 Å². The maximum atomic E-state index is 12.2. The SMILES string of the molecule is O=C(O)CCC1CCCN(C(=O)CC2CCCN2)C1. The van der Waals surface area contributed by atoms with E-state index in [1.165, 1.54) is 6.42 Å². The average molecular weight is 268 g/mol. The third-order valence-corrected chi connectivity index (χ3v) is 4.22. The Hall–Kier alpha value is -1.10. The number of nitrogens with zero attached hydrogens (tertiary/aromatic N) is 1. The minimum Gasteiger partial charge on any atom is -0.481 e. The molecule has 0 saturated carbocycles. The van der Waals surface area contributed by atoms with E-state index in [4.69, 9.17) is 5.11 Å². The molecule has 2 rings (SSSR count). The van der Waals surface area contributed by atoms with E-state index in [2.05, 4.69) is 5.32 Å². The van der Waals surface area contributed by atoms with Crippen LogP contribution < -0.4 is 5.32 Å². The lowest BCUT2D eigenvalue weighted by Gasteiger charge is -2.33. The van der Waals surface area contributed by atoms with Gasteiger partial charge in [0.15, 0.2) is 0 Å². The summed E-state index contributed by atoms with van der Waals surface area (Å²) in [5.41, 5.74) is 0. The fraction of sp³-hybridized carbons (Fsp3) is 0.857. The summed E-state index contributed by atoms with van der Waals surface area (Å²) in [5.74, 6) is -0.136. The van der Waals surface area contributed by atoms with Crippen molar-refractivity contribution in [1.29, 1.82) is 0 Å². The molecule has 0 bridgehead atoms. The molecule has 0 radical (unpaired) electrons. The standard InChI is InChI=1S/C14H24N2O3/c17-13(9-12-4-1-7-15-12)16-8-2-3-11(10-16)5-6-14(18)19/h11-12,15H,1-10H2,(H,18,19). The first-order valence-corrected chi connectivity index (χ1v) is 7.38. The summed E-state index contributed by atoms with van der Waals surface area (Å²) in [6, 6.07) is 0.354. The predicted octanol–water partition coefficient (Wildman–Crippen LogP) is 1.23. The topological polar surface area (TPSA) is 69.6 Å². The molecule has 2 N–H and O–H groups in total. The van der Waals surface area contributed by atoms with Gasteiger partial charge >= 0.3 is 5.97 Å². The second-order valence-corrected chi connectivity index (χ2v) is 5.78. The highest BCUT2D eigenvalue weighted by atomic mass is 16.4. The molecule has 2 fully saturated rings. The second kappa shape index (κ2) is 6.89. The van der Waals surface area contributed by atoms with Crippen LogP contribution in [-0.2, 0) is 9.59 Å². The highest BCUT2D eigenvalue weighted by molar-refractivity contribution is 5.77. The molecule has 0 aliphatic carbocycles. The zero-order chi connectivity index (χ0) is 13.7. The lowest BCUT2D eigenvalue weighted by atomic mass is 9.93. The first-order valence-electron chi connectivity index (χ1n) is 7.38. The number of likely N-dealkylation sites (tertiary alicyclic amines) is 1. The number of carbonyl (C=O) groups is 2. The Morgan fingerprint density at radius 2 is 2.11 bits per heavy atom. The number of carboxylic acid groups (broad SMARTS) is 1. The van der Waals surface area contributed by atoms with Gasteiger partial charge in [-0.3, -0.25) is 9.59 Å². The van der Waals surface area contributed by atoms with Crippen LogP contribution in [0.25, 0.3) is 0 Å². The Kier molecular flexibility index (Phi) is 5.19. The van der Waals surface area contributed by atoms with E-state index in [1.807, 2.05) is 4.90 Å². The summed E-state index contributed by atoms with van der Waals surface area (Å²) < 4.78 is 0. The highest BCUT2D eigenvalue weighted by Gasteiger charge is 2.26. The molecular formula is C14H24N2O3. The Bertz CT molecular complexity index is 327. The number of hydrogen-bond donors (Lipinski definition) is 2. The summed E-state index contributed by atoms with van der Waals surface area (Å²) in [6.07, 6.45) is 5.84. The van der Waals surface area contributed by atoms with Crippen molar-refractivity contribution in [3.8, 4) is 0 Å². The van der Waals surface area contributed by atoms with E-state index in [9.17, 15) is 9.59 Å². The van der Waals surface area contributed by atoms with E-state index in [1.54, 1.807) is 0 Å². The summed E-state index contributed by atoms with van der Waals surface area (Å²) in [5, 5.41) is 12.1. The summed E-state index contributed by atoms with van der Waals surface area (Å²) in [7, 11) is 0. The average Bonchev–Trinajstić information content (AvgIpc) is 2.89. The fourth-order valence-electron chi connectivity index (χ4n) is 3.13. The number of hydrogen-bond acceptors (Lipinski definition) is 3. The first-order chi connectivity index (χ1) is 9.15. The molecule has 0 spiro atoms. The predicted molar refractivity (Wildman–Crippen MR) is 71.8 cm³/mol. The molecule has 1 amide bonds. The molecule has 0 aromatic heterocycles. The van der Waals surface area contributed by atoms with Crippen LogP contribution >= 0.6 is 0 Å². The van der Waals surface area contributed by atoms with Gasteiger partial charge in [-0.05, 0) is 44.6 Å². The van der Waals surface area contributed by atoms with E-state index >= 15 is 0 Å². The van der Waals surface area contributed by atoms with E-state index in [0.717, 1.165) is 38.9 Å². The van der Waals surface area contributed by atoms with Crippen LogP contribution in [0.4, 0.5) is 0 Å².